The van der Waals surface area contributed by atoms with E-state index < -0.39 is 18.0 Å². The molecular formula is C16H24N2O3. The highest BCUT2D eigenvalue weighted by Gasteiger charge is 2.19. The van der Waals surface area contributed by atoms with Crippen molar-refractivity contribution in [2.45, 2.75) is 52.0 Å². The second-order valence-electron chi connectivity index (χ2n) is 5.41. The predicted octanol–water partition coefficient (Wildman–Crippen LogP) is 3.57. The monoisotopic (exact) mass is 292 g/mol. The highest BCUT2D eigenvalue weighted by atomic mass is 16.4. The molecule has 2 amide bonds. The zero-order valence-corrected chi connectivity index (χ0v) is 12.8. The topological polar surface area (TPSA) is 78.4 Å². The fourth-order valence-electron chi connectivity index (χ4n) is 1.97. The number of unbranched alkanes of at least 4 members (excludes halogenated alkanes) is 1. The SMILES string of the molecule is CCCC[C@H](NC(=O)Nc1cccc(C(C)C)c1)C(=O)O. The molecule has 0 saturated carbocycles. The molecule has 0 fully saturated rings. The number of carboxylic acids is 1. The molecule has 5 heteroatoms. The van der Waals surface area contributed by atoms with Gasteiger partial charge in [-0.3, -0.25) is 0 Å². The predicted molar refractivity (Wildman–Crippen MR) is 83.6 cm³/mol. The standard InChI is InChI=1S/C16H24N2O3/c1-4-5-9-14(15(19)20)18-16(21)17-13-8-6-7-12(10-13)11(2)3/h6-8,10-11,14H,4-5,9H2,1-3H3,(H,19,20)(H2,17,18,21)/t14-/m0/s1. The lowest BCUT2D eigenvalue weighted by Crippen LogP contribution is -2.42. The summed E-state index contributed by atoms with van der Waals surface area (Å²) in [6.07, 6.45) is 2.09. The van der Waals surface area contributed by atoms with E-state index in [1.165, 1.54) is 0 Å². The fourth-order valence-corrected chi connectivity index (χ4v) is 1.97. The van der Waals surface area contributed by atoms with Crippen molar-refractivity contribution in [2.75, 3.05) is 5.32 Å². The second kappa shape index (κ2) is 8.29. The number of amides is 2. The molecule has 0 saturated heterocycles. The molecule has 3 N–H and O–H groups in total. The molecule has 0 aliphatic rings. The Kier molecular flexibility index (Phi) is 6.72. The van der Waals surface area contributed by atoms with Gasteiger partial charge in [0.05, 0.1) is 0 Å². The van der Waals surface area contributed by atoms with Crippen LogP contribution < -0.4 is 10.6 Å². The molecule has 0 aliphatic carbocycles. The first-order valence-electron chi connectivity index (χ1n) is 7.34. The van der Waals surface area contributed by atoms with Gasteiger partial charge in [-0.05, 0) is 30.0 Å². The van der Waals surface area contributed by atoms with Gasteiger partial charge in [0.1, 0.15) is 6.04 Å². The number of nitrogens with one attached hydrogen (secondary N) is 2. The number of rotatable bonds is 7. The van der Waals surface area contributed by atoms with Gasteiger partial charge in [-0.2, -0.15) is 0 Å². The molecule has 0 spiro atoms. The van der Waals surface area contributed by atoms with Crippen LogP contribution in [0.2, 0.25) is 0 Å². The normalized spacial score (nSPS) is 12.0. The number of anilines is 1. The summed E-state index contributed by atoms with van der Waals surface area (Å²) in [6, 6.07) is 6.21. The summed E-state index contributed by atoms with van der Waals surface area (Å²) in [5, 5.41) is 14.3. The number of carboxylic acid groups (broad SMARTS) is 1. The van der Waals surface area contributed by atoms with E-state index in [1.54, 1.807) is 6.07 Å². The van der Waals surface area contributed by atoms with E-state index in [0.29, 0.717) is 18.0 Å². The van der Waals surface area contributed by atoms with Gasteiger partial charge in [0.25, 0.3) is 0 Å². The Morgan fingerprint density at radius 1 is 1.29 bits per heavy atom. The molecule has 0 unspecified atom stereocenters. The van der Waals surface area contributed by atoms with Gasteiger partial charge in [-0.1, -0.05) is 45.7 Å². The van der Waals surface area contributed by atoms with Crippen molar-refractivity contribution in [1.29, 1.82) is 0 Å². The highest BCUT2D eigenvalue weighted by molar-refractivity contribution is 5.92. The zero-order chi connectivity index (χ0) is 15.8. The van der Waals surface area contributed by atoms with Gasteiger partial charge in [0.15, 0.2) is 0 Å². The molecule has 21 heavy (non-hydrogen) atoms. The van der Waals surface area contributed by atoms with E-state index in [0.717, 1.165) is 18.4 Å². The van der Waals surface area contributed by atoms with Crippen molar-refractivity contribution >= 4 is 17.7 Å². The molecule has 1 aromatic carbocycles. The summed E-state index contributed by atoms with van der Waals surface area (Å²) in [4.78, 5) is 23.0. The van der Waals surface area contributed by atoms with Gasteiger partial charge in [0, 0.05) is 5.69 Å². The maximum atomic E-state index is 11.9. The van der Waals surface area contributed by atoms with Crippen LogP contribution in [0.25, 0.3) is 0 Å². The van der Waals surface area contributed by atoms with Crippen LogP contribution in [0.4, 0.5) is 10.5 Å². The van der Waals surface area contributed by atoms with Crippen LogP contribution in [0.3, 0.4) is 0 Å². The van der Waals surface area contributed by atoms with Crippen molar-refractivity contribution in [3.63, 3.8) is 0 Å². The first kappa shape index (κ1) is 17.0. The van der Waals surface area contributed by atoms with E-state index in [4.69, 9.17) is 5.11 Å². The molecule has 0 radical (unpaired) electrons. The van der Waals surface area contributed by atoms with Crippen LogP contribution in [-0.2, 0) is 4.79 Å². The van der Waals surface area contributed by atoms with Crippen LogP contribution in [0, 0.1) is 0 Å². The Labute approximate surface area is 125 Å². The highest BCUT2D eigenvalue weighted by Crippen LogP contribution is 2.18. The molecule has 5 nitrogen and oxygen atoms in total. The number of carbonyl (C=O) groups excluding carboxylic acids is 1. The Balaban J connectivity index is 2.63. The first-order chi connectivity index (χ1) is 9.93. The number of hydrogen-bond donors (Lipinski definition) is 3. The summed E-state index contributed by atoms with van der Waals surface area (Å²) in [5.41, 5.74) is 1.78. The maximum absolute atomic E-state index is 11.9. The Bertz CT molecular complexity index is 486. The van der Waals surface area contributed by atoms with Crippen LogP contribution in [0.5, 0.6) is 0 Å². The molecule has 1 aromatic rings. The van der Waals surface area contributed by atoms with Crippen molar-refractivity contribution < 1.29 is 14.7 Å². The number of aliphatic carboxylic acids is 1. The quantitative estimate of drug-likeness (QED) is 0.718. The third-order valence-corrected chi connectivity index (χ3v) is 3.26. The smallest absolute Gasteiger partial charge is 0.326 e. The number of hydrogen-bond acceptors (Lipinski definition) is 2. The largest absolute Gasteiger partial charge is 0.480 e. The summed E-state index contributed by atoms with van der Waals surface area (Å²) in [7, 11) is 0. The molecule has 0 aliphatic heterocycles. The van der Waals surface area contributed by atoms with E-state index in [2.05, 4.69) is 24.5 Å². The number of urea groups is 1. The Morgan fingerprint density at radius 2 is 2.00 bits per heavy atom. The van der Waals surface area contributed by atoms with Gasteiger partial charge in [-0.25, -0.2) is 9.59 Å². The minimum atomic E-state index is -1.01. The second-order valence-corrected chi connectivity index (χ2v) is 5.41. The van der Waals surface area contributed by atoms with Gasteiger partial charge in [0.2, 0.25) is 0 Å². The fraction of sp³-hybridized carbons (Fsp3) is 0.500. The third kappa shape index (κ3) is 5.85. The van der Waals surface area contributed by atoms with Crippen molar-refractivity contribution in [3.05, 3.63) is 29.8 Å². The van der Waals surface area contributed by atoms with Gasteiger partial charge in [-0.15, -0.1) is 0 Å². The van der Waals surface area contributed by atoms with Crippen molar-refractivity contribution in [1.82, 2.24) is 5.32 Å². The molecule has 116 valence electrons. The summed E-state index contributed by atoms with van der Waals surface area (Å²) in [6.45, 7) is 6.13. The average molecular weight is 292 g/mol. The molecule has 0 heterocycles. The number of carbonyl (C=O) groups is 2. The van der Waals surface area contributed by atoms with Crippen molar-refractivity contribution in [2.24, 2.45) is 0 Å². The Morgan fingerprint density at radius 3 is 2.57 bits per heavy atom. The first-order valence-corrected chi connectivity index (χ1v) is 7.34. The molecule has 1 atom stereocenters. The minimum absolute atomic E-state index is 0.367. The van der Waals surface area contributed by atoms with E-state index in [9.17, 15) is 9.59 Å². The van der Waals surface area contributed by atoms with Gasteiger partial charge < -0.3 is 15.7 Å². The molecular weight excluding hydrogens is 268 g/mol. The maximum Gasteiger partial charge on any atom is 0.326 e. The van der Waals surface area contributed by atoms with Gasteiger partial charge >= 0.3 is 12.0 Å². The molecule has 1 rings (SSSR count). The molecule has 0 bridgehead atoms. The van der Waals surface area contributed by atoms with E-state index in [1.807, 2.05) is 25.1 Å². The van der Waals surface area contributed by atoms with Crippen LogP contribution in [0.15, 0.2) is 24.3 Å². The van der Waals surface area contributed by atoms with Crippen LogP contribution >= 0.6 is 0 Å². The summed E-state index contributed by atoms with van der Waals surface area (Å²) in [5.74, 6) is -0.638. The average Bonchev–Trinajstić information content (AvgIpc) is 2.43. The molecule has 0 aromatic heterocycles. The third-order valence-electron chi connectivity index (χ3n) is 3.26. The van der Waals surface area contributed by atoms with E-state index in [-0.39, 0.29) is 0 Å². The van der Waals surface area contributed by atoms with Crippen LogP contribution in [0.1, 0.15) is 51.5 Å². The lowest BCUT2D eigenvalue weighted by atomic mass is 10.0. The minimum Gasteiger partial charge on any atom is -0.480 e. The lowest BCUT2D eigenvalue weighted by Gasteiger charge is -2.15. The van der Waals surface area contributed by atoms with Crippen molar-refractivity contribution in [3.8, 4) is 0 Å². The summed E-state index contributed by atoms with van der Waals surface area (Å²) < 4.78 is 0. The number of benzene rings is 1. The van der Waals surface area contributed by atoms with E-state index >= 15 is 0 Å². The summed E-state index contributed by atoms with van der Waals surface area (Å²) >= 11 is 0. The van der Waals surface area contributed by atoms with Crippen LogP contribution in [-0.4, -0.2) is 23.1 Å². The Hall–Kier alpha value is -2.04. The lowest BCUT2D eigenvalue weighted by molar-refractivity contribution is -0.139. The zero-order valence-electron chi connectivity index (χ0n) is 12.8.